The molecule has 0 aliphatic rings. The maximum atomic E-state index is 5.97. The highest BCUT2D eigenvalue weighted by molar-refractivity contribution is 6.31. The number of hydrogen-bond donors (Lipinski definition) is 0. The summed E-state index contributed by atoms with van der Waals surface area (Å²) in [5.41, 5.74) is 2.53. The number of aromatic nitrogens is 8. The van der Waals surface area contributed by atoms with E-state index in [1.807, 2.05) is 6.07 Å². The second kappa shape index (κ2) is 2.86. The fraction of sp³-hybridized carbons (Fsp3) is 0. The number of tetrazole rings is 2. The first-order valence-corrected chi connectivity index (χ1v) is 5.10. The van der Waals surface area contributed by atoms with Gasteiger partial charge in [-0.3, -0.25) is 0 Å². The highest BCUT2D eigenvalue weighted by Gasteiger charge is 2.13. The Hall–Kier alpha value is -2.35. The number of fused-ring (bicyclic) bond motifs is 6. The zero-order valence-corrected chi connectivity index (χ0v) is 8.94. The third-order valence-corrected chi connectivity index (χ3v) is 2.77. The van der Waals surface area contributed by atoms with Gasteiger partial charge in [-0.05, 0) is 39.1 Å². The minimum absolute atomic E-state index is 0.491. The minimum atomic E-state index is 0.491. The first kappa shape index (κ1) is 8.76. The van der Waals surface area contributed by atoms with Gasteiger partial charge in [0.25, 0.3) is 0 Å². The van der Waals surface area contributed by atoms with Crippen LogP contribution in [0.5, 0.6) is 0 Å². The Morgan fingerprint density at radius 2 is 1.53 bits per heavy atom. The highest BCUT2D eigenvalue weighted by atomic mass is 35.5. The molecule has 0 radical (unpaired) electrons. The molecule has 0 unspecified atom stereocenters. The molecule has 82 valence electrons. The summed E-state index contributed by atoms with van der Waals surface area (Å²) in [6.07, 6.45) is 0. The van der Waals surface area contributed by atoms with E-state index >= 15 is 0 Å². The molecule has 4 rings (SSSR count). The van der Waals surface area contributed by atoms with Gasteiger partial charge in [-0.2, -0.15) is 9.03 Å². The number of nitrogens with zero attached hydrogens (tertiary/aromatic N) is 8. The van der Waals surface area contributed by atoms with E-state index < -0.39 is 0 Å². The molecule has 8 nitrogen and oxygen atoms in total. The Morgan fingerprint density at radius 3 is 2.24 bits per heavy atom. The van der Waals surface area contributed by atoms with Gasteiger partial charge in [-0.25, -0.2) is 0 Å². The van der Waals surface area contributed by atoms with Crippen LogP contribution < -0.4 is 0 Å². The summed E-state index contributed by atoms with van der Waals surface area (Å²) in [6.45, 7) is 0. The summed E-state index contributed by atoms with van der Waals surface area (Å²) in [6, 6.07) is 5.35. The van der Waals surface area contributed by atoms with Gasteiger partial charge in [-0.1, -0.05) is 11.6 Å². The standard InChI is InChI=1S/C8H3ClN8/c9-4-1-2-5-6(3-4)17-8(11-13-15-17)7-10-12-14-16(5)7/h1-3H. The molecule has 9 heteroatoms. The van der Waals surface area contributed by atoms with E-state index in [4.69, 9.17) is 11.6 Å². The largest absolute Gasteiger partial charge is 0.226 e. The smallest absolute Gasteiger partial charge is 0.188 e. The van der Waals surface area contributed by atoms with Crippen molar-refractivity contribution < 1.29 is 0 Å². The second-order valence-electron chi connectivity index (χ2n) is 3.46. The van der Waals surface area contributed by atoms with Crippen molar-refractivity contribution in [3.8, 4) is 0 Å². The van der Waals surface area contributed by atoms with E-state index in [0.717, 1.165) is 11.0 Å². The Bertz CT molecular complexity index is 862. The fourth-order valence-corrected chi connectivity index (χ4v) is 1.99. The molecule has 0 atom stereocenters. The van der Waals surface area contributed by atoms with Crippen LogP contribution in [-0.4, -0.2) is 40.1 Å². The van der Waals surface area contributed by atoms with Gasteiger partial charge in [0.1, 0.15) is 0 Å². The highest BCUT2D eigenvalue weighted by Crippen LogP contribution is 2.20. The molecule has 0 aliphatic carbocycles. The summed E-state index contributed by atoms with van der Waals surface area (Å²) in [7, 11) is 0. The topological polar surface area (TPSA) is 86.2 Å². The van der Waals surface area contributed by atoms with Crippen LogP contribution in [-0.2, 0) is 0 Å². The molecule has 0 aliphatic heterocycles. The molecule has 0 saturated heterocycles. The normalized spacial score (nSPS) is 11.8. The average Bonchev–Trinajstić information content (AvgIpc) is 2.97. The van der Waals surface area contributed by atoms with Crippen LogP contribution in [0.3, 0.4) is 0 Å². The lowest BCUT2D eigenvalue weighted by molar-refractivity contribution is 0.827. The molecule has 3 heterocycles. The van der Waals surface area contributed by atoms with Crippen molar-refractivity contribution in [3.05, 3.63) is 23.2 Å². The predicted molar refractivity (Wildman–Crippen MR) is 57.6 cm³/mol. The summed E-state index contributed by atoms with van der Waals surface area (Å²) >= 11 is 5.97. The van der Waals surface area contributed by atoms with E-state index in [9.17, 15) is 0 Å². The third-order valence-electron chi connectivity index (χ3n) is 2.53. The summed E-state index contributed by atoms with van der Waals surface area (Å²) < 4.78 is 3.14. The van der Waals surface area contributed by atoms with Gasteiger partial charge in [-0.15, -0.1) is 10.2 Å². The Labute approximate surface area is 97.8 Å². The van der Waals surface area contributed by atoms with Crippen LogP contribution in [0.25, 0.3) is 22.3 Å². The van der Waals surface area contributed by atoms with Crippen LogP contribution in [0.1, 0.15) is 0 Å². The molecular formula is C8H3ClN8. The summed E-state index contributed by atoms with van der Waals surface area (Å²) in [5.74, 6) is 0. The number of rotatable bonds is 0. The molecule has 17 heavy (non-hydrogen) atoms. The van der Waals surface area contributed by atoms with Crippen molar-refractivity contribution in [2.75, 3.05) is 0 Å². The number of benzene rings is 1. The van der Waals surface area contributed by atoms with Crippen LogP contribution in [0.2, 0.25) is 5.02 Å². The van der Waals surface area contributed by atoms with E-state index in [1.165, 1.54) is 0 Å². The van der Waals surface area contributed by atoms with Gasteiger partial charge in [0, 0.05) is 5.02 Å². The molecule has 1 aromatic carbocycles. The Balaban J connectivity index is 2.45. The molecule has 0 bridgehead atoms. The third kappa shape index (κ3) is 1.02. The van der Waals surface area contributed by atoms with Crippen LogP contribution in [0, 0.1) is 0 Å². The van der Waals surface area contributed by atoms with E-state index in [-0.39, 0.29) is 0 Å². The lowest BCUT2D eigenvalue weighted by atomic mass is 10.3. The minimum Gasteiger partial charge on any atom is -0.188 e. The van der Waals surface area contributed by atoms with Crippen molar-refractivity contribution in [3.63, 3.8) is 0 Å². The first-order chi connectivity index (χ1) is 8.34. The molecule has 0 spiro atoms. The zero-order valence-electron chi connectivity index (χ0n) is 8.19. The molecular weight excluding hydrogens is 244 g/mol. The molecule has 0 saturated carbocycles. The Morgan fingerprint density at radius 1 is 0.882 bits per heavy atom. The van der Waals surface area contributed by atoms with Gasteiger partial charge >= 0.3 is 0 Å². The lowest BCUT2D eigenvalue weighted by Crippen LogP contribution is -1.99. The van der Waals surface area contributed by atoms with Gasteiger partial charge in [0.05, 0.1) is 11.0 Å². The lowest BCUT2D eigenvalue weighted by Gasteiger charge is -2.01. The summed E-state index contributed by atoms with van der Waals surface area (Å²) in [5, 5.41) is 23.5. The monoisotopic (exact) mass is 246 g/mol. The second-order valence-corrected chi connectivity index (χ2v) is 3.90. The molecule has 4 aromatic rings. The van der Waals surface area contributed by atoms with Crippen LogP contribution >= 0.6 is 11.6 Å². The van der Waals surface area contributed by atoms with E-state index in [2.05, 4.69) is 31.1 Å². The summed E-state index contributed by atoms with van der Waals surface area (Å²) in [4.78, 5) is 0. The first-order valence-electron chi connectivity index (χ1n) is 4.72. The van der Waals surface area contributed by atoms with E-state index in [0.29, 0.717) is 16.3 Å². The zero-order chi connectivity index (χ0) is 11.4. The quantitative estimate of drug-likeness (QED) is 0.445. The van der Waals surface area contributed by atoms with Crippen molar-refractivity contribution in [1.29, 1.82) is 0 Å². The van der Waals surface area contributed by atoms with Gasteiger partial charge < -0.3 is 0 Å². The van der Waals surface area contributed by atoms with Crippen molar-refractivity contribution in [2.45, 2.75) is 0 Å². The van der Waals surface area contributed by atoms with Gasteiger partial charge in [0.15, 0.2) is 0 Å². The SMILES string of the molecule is Clc1ccc2c(c1)n1nnnc1c1nnnn21. The average molecular weight is 247 g/mol. The van der Waals surface area contributed by atoms with E-state index in [1.54, 1.807) is 21.2 Å². The molecule has 0 fully saturated rings. The molecule has 0 amide bonds. The number of hydrogen-bond acceptors (Lipinski definition) is 6. The number of halogens is 1. The van der Waals surface area contributed by atoms with Crippen LogP contribution in [0.4, 0.5) is 0 Å². The predicted octanol–water partition coefficient (Wildman–Crippen LogP) is 0.369. The molecule has 0 N–H and O–H groups in total. The fourth-order valence-electron chi connectivity index (χ4n) is 1.82. The van der Waals surface area contributed by atoms with Crippen molar-refractivity contribution in [1.82, 2.24) is 40.1 Å². The maximum Gasteiger partial charge on any atom is 0.226 e. The Kier molecular flexibility index (Phi) is 1.47. The van der Waals surface area contributed by atoms with Crippen LogP contribution in [0.15, 0.2) is 18.2 Å². The van der Waals surface area contributed by atoms with Crippen molar-refractivity contribution in [2.24, 2.45) is 0 Å². The van der Waals surface area contributed by atoms with Gasteiger partial charge in [0.2, 0.25) is 11.3 Å². The maximum absolute atomic E-state index is 5.97. The molecule has 3 aromatic heterocycles. The van der Waals surface area contributed by atoms with Crippen molar-refractivity contribution >= 4 is 33.9 Å².